The lowest BCUT2D eigenvalue weighted by Gasteiger charge is -2.32. The van der Waals surface area contributed by atoms with Crippen LogP contribution in [0.5, 0.6) is 0 Å². The lowest BCUT2D eigenvalue weighted by atomic mass is 10.0. The highest BCUT2D eigenvalue weighted by molar-refractivity contribution is 7.80. The molecule has 0 radical (unpaired) electrons. The molecule has 0 aliphatic carbocycles. The van der Waals surface area contributed by atoms with Gasteiger partial charge < -0.3 is 19.9 Å². The van der Waals surface area contributed by atoms with Gasteiger partial charge in [-0.3, -0.25) is 9.69 Å². The second-order valence-electron chi connectivity index (χ2n) is 9.05. The van der Waals surface area contributed by atoms with Gasteiger partial charge in [0.2, 0.25) is 0 Å². The zero-order chi connectivity index (χ0) is 24.1. The summed E-state index contributed by atoms with van der Waals surface area (Å²) >= 11 is 5.85. The number of thiocarbonyl (C=S) groups is 1. The number of nitrogens with one attached hydrogen (secondary N) is 2. The van der Waals surface area contributed by atoms with Gasteiger partial charge in [-0.05, 0) is 61.1 Å². The minimum atomic E-state index is -0.0588. The van der Waals surface area contributed by atoms with E-state index in [0.717, 1.165) is 55.9 Å². The molecular weight excluding hydrogens is 444 g/mol. The van der Waals surface area contributed by atoms with Crippen LogP contribution in [0.25, 0.3) is 10.9 Å². The fourth-order valence-electron chi connectivity index (χ4n) is 4.33. The first-order valence-corrected chi connectivity index (χ1v) is 12.4. The SMILES string of the molecule is Cc1ccc2cc(CN(CCN3CCOCC3)C(=S)N[C@@H](C)c3ccccc3)c(=O)[nH]c2c1C. The predicted octanol–water partition coefficient (Wildman–Crippen LogP) is 3.91. The number of ether oxygens (including phenoxy) is 1. The van der Waals surface area contributed by atoms with Crippen LogP contribution in [0.4, 0.5) is 0 Å². The van der Waals surface area contributed by atoms with E-state index >= 15 is 0 Å². The molecule has 1 saturated heterocycles. The summed E-state index contributed by atoms with van der Waals surface area (Å²) in [6, 6.07) is 16.5. The Balaban J connectivity index is 1.55. The monoisotopic (exact) mass is 478 g/mol. The van der Waals surface area contributed by atoms with E-state index < -0.39 is 0 Å². The highest BCUT2D eigenvalue weighted by Gasteiger charge is 2.18. The van der Waals surface area contributed by atoms with Crippen molar-refractivity contribution >= 4 is 28.2 Å². The van der Waals surface area contributed by atoms with Crippen molar-refractivity contribution in [3.63, 3.8) is 0 Å². The van der Waals surface area contributed by atoms with E-state index in [-0.39, 0.29) is 11.6 Å². The molecule has 1 atom stereocenters. The summed E-state index contributed by atoms with van der Waals surface area (Å²) in [4.78, 5) is 20.6. The number of nitrogens with zero attached hydrogens (tertiary/aromatic N) is 2. The molecule has 180 valence electrons. The van der Waals surface area contributed by atoms with Crippen LogP contribution in [-0.4, -0.2) is 59.3 Å². The molecule has 6 nitrogen and oxygen atoms in total. The number of fused-ring (bicyclic) bond motifs is 1. The molecule has 0 saturated carbocycles. The summed E-state index contributed by atoms with van der Waals surface area (Å²) in [6.07, 6.45) is 0. The van der Waals surface area contributed by atoms with Crippen LogP contribution in [0.15, 0.2) is 53.3 Å². The van der Waals surface area contributed by atoms with E-state index in [1.165, 1.54) is 11.1 Å². The summed E-state index contributed by atoms with van der Waals surface area (Å²) in [7, 11) is 0. The summed E-state index contributed by atoms with van der Waals surface area (Å²) in [5.41, 5.74) is 5.02. The molecule has 1 aliphatic heterocycles. The number of pyridine rings is 1. The number of morpholine rings is 1. The van der Waals surface area contributed by atoms with Crippen molar-refractivity contribution < 1.29 is 4.74 Å². The summed E-state index contributed by atoms with van der Waals surface area (Å²) in [6.45, 7) is 11.6. The van der Waals surface area contributed by atoms with Crippen LogP contribution in [0, 0.1) is 13.8 Å². The van der Waals surface area contributed by atoms with Gasteiger partial charge in [0, 0.05) is 31.7 Å². The lowest BCUT2D eigenvalue weighted by molar-refractivity contribution is 0.0357. The third-order valence-electron chi connectivity index (χ3n) is 6.71. The molecule has 1 aliphatic rings. The Labute approximate surface area is 206 Å². The van der Waals surface area contributed by atoms with Crippen molar-refractivity contribution in [2.24, 2.45) is 0 Å². The highest BCUT2D eigenvalue weighted by atomic mass is 32.1. The Kier molecular flexibility index (Phi) is 7.98. The molecule has 0 unspecified atom stereocenters. The molecule has 0 bridgehead atoms. The van der Waals surface area contributed by atoms with Crippen molar-refractivity contribution in [1.29, 1.82) is 0 Å². The van der Waals surface area contributed by atoms with E-state index in [1.54, 1.807) is 0 Å². The fraction of sp³-hybridized carbons (Fsp3) is 0.407. The number of rotatable bonds is 7. The van der Waals surface area contributed by atoms with Crippen LogP contribution in [0.2, 0.25) is 0 Å². The number of benzene rings is 2. The van der Waals surface area contributed by atoms with E-state index in [0.29, 0.717) is 17.2 Å². The maximum Gasteiger partial charge on any atom is 0.253 e. The maximum atomic E-state index is 13.0. The Morgan fingerprint density at radius 2 is 1.91 bits per heavy atom. The van der Waals surface area contributed by atoms with E-state index in [2.05, 4.69) is 58.2 Å². The average molecular weight is 479 g/mol. The molecule has 2 aromatic carbocycles. The van der Waals surface area contributed by atoms with Crippen LogP contribution in [-0.2, 0) is 11.3 Å². The van der Waals surface area contributed by atoms with Crippen LogP contribution < -0.4 is 10.9 Å². The normalized spacial score (nSPS) is 15.3. The van der Waals surface area contributed by atoms with Gasteiger partial charge in [-0.15, -0.1) is 0 Å². The average Bonchev–Trinajstić information content (AvgIpc) is 2.86. The van der Waals surface area contributed by atoms with E-state index in [1.807, 2.05) is 31.2 Å². The topological polar surface area (TPSA) is 60.6 Å². The number of hydrogen-bond donors (Lipinski definition) is 2. The van der Waals surface area contributed by atoms with Crippen molar-refractivity contribution in [3.8, 4) is 0 Å². The molecule has 7 heteroatoms. The minimum Gasteiger partial charge on any atom is -0.379 e. The van der Waals surface area contributed by atoms with Crippen molar-refractivity contribution in [2.45, 2.75) is 33.4 Å². The molecule has 3 aromatic rings. The molecule has 2 heterocycles. The van der Waals surface area contributed by atoms with Gasteiger partial charge in [0.15, 0.2) is 5.11 Å². The number of aryl methyl sites for hydroxylation is 2. The smallest absolute Gasteiger partial charge is 0.253 e. The van der Waals surface area contributed by atoms with Gasteiger partial charge >= 0.3 is 0 Å². The Bertz CT molecular complexity index is 1190. The number of aromatic nitrogens is 1. The van der Waals surface area contributed by atoms with Gasteiger partial charge in [0.05, 0.1) is 31.3 Å². The Hall–Kier alpha value is -2.74. The van der Waals surface area contributed by atoms with Gasteiger partial charge in [0.25, 0.3) is 5.56 Å². The predicted molar refractivity (Wildman–Crippen MR) is 142 cm³/mol. The van der Waals surface area contributed by atoms with Crippen LogP contribution in [0.1, 0.15) is 35.2 Å². The number of aromatic amines is 1. The molecule has 0 amide bonds. The molecule has 2 N–H and O–H groups in total. The second kappa shape index (κ2) is 11.1. The lowest BCUT2D eigenvalue weighted by Crippen LogP contribution is -2.46. The quantitative estimate of drug-likeness (QED) is 0.502. The number of H-pyrrole nitrogens is 1. The van der Waals surface area contributed by atoms with Crippen LogP contribution in [0.3, 0.4) is 0 Å². The van der Waals surface area contributed by atoms with Crippen molar-refractivity contribution in [3.05, 3.63) is 81.1 Å². The first-order chi connectivity index (χ1) is 16.4. The zero-order valence-electron chi connectivity index (χ0n) is 20.3. The molecule has 1 fully saturated rings. The van der Waals surface area contributed by atoms with E-state index in [9.17, 15) is 4.79 Å². The Morgan fingerprint density at radius 3 is 2.65 bits per heavy atom. The minimum absolute atomic E-state index is 0.0588. The molecule has 1 aromatic heterocycles. The van der Waals surface area contributed by atoms with Gasteiger partial charge in [-0.1, -0.05) is 42.5 Å². The van der Waals surface area contributed by atoms with Crippen LogP contribution >= 0.6 is 12.2 Å². The van der Waals surface area contributed by atoms with Crippen molar-refractivity contribution in [2.75, 3.05) is 39.4 Å². The zero-order valence-corrected chi connectivity index (χ0v) is 21.1. The number of hydrogen-bond acceptors (Lipinski definition) is 4. The summed E-state index contributed by atoms with van der Waals surface area (Å²) < 4.78 is 5.49. The Morgan fingerprint density at radius 1 is 1.18 bits per heavy atom. The fourth-order valence-corrected chi connectivity index (χ4v) is 4.67. The molecule has 34 heavy (non-hydrogen) atoms. The summed E-state index contributed by atoms with van der Waals surface area (Å²) in [5, 5.41) is 5.18. The van der Waals surface area contributed by atoms with Crippen molar-refractivity contribution in [1.82, 2.24) is 20.1 Å². The molecule has 4 rings (SSSR count). The third-order valence-corrected chi connectivity index (χ3v) is 7.08. The van der Waals surface area contributed by atoms with E-state index in [4.69, 9.17) is 17.0 Å². The first kappa shape index (κ1) is 24.4. The standard InChI is InChI=1S/C27H34N4O2S/c1-19-9-10-23-17-24(26(32)29-25(23)20(19)2)18-31(12-11-30-13-15-33-16-14-30)27(34)28-21(3)22-7-5-4-6-8-22/h4-10,17,21H,11-16,18H2,1-3H3,(H,28,34)(H,29,32)/t21-/m0/s1. The first-order valence-electron chi connectivity index (χ1n) is 11.9. The largest absolute Gasteiger partial charge is 0.379 e. The van der Waals surface area contributed by atoms with Gasteiger partial charge in [-0.25, -0.2) is 0 Å². The second-order valence-corrected chi connectivity index (χ2v) is 9.44. The molecular formula is C27H34N4O2S. The third kappa shape index (κ3) is 5.84. The van der Waals surface area contributed by atoms with Gasteiger partial charge in [-0.2, -0.15) is 0 Å². The molecule has 0 spiro atoms. The van der Waals surface area contributed by atoms with Gasteiger partial charge in [0.1, 0.15) is 0 Å². The maximum absolute atomic E-state index is 13.0. The highest BCUT2D eigenvalue weighted by Crippen LogP contribution is 2.20. The summed E-state index contributed by atoms with van der Waals surface area (Å²) in [5.74, 6) is 0.